The van der Waals surface area contributed by atoms with Gasteiger partial charge < -0.3 is 4.90 Å². The molecule has 1 N–H and O–H groups in total. The van der Waals surface area contributed by atoms with Gasteiger partial charge in [0.05, 0.1) is 37.8 Å². The van der Waals surface area contributed by atoms with Crippen molar-refractivity contribution in [1.29, 1.82) is 0 Å². The Morgan fingerprint density at radius 2 is 2.00 bits per heavy atom. The summed E-state index contributed by atoms with van der Waals surface area (Å²) in [5.41, 5.74) is 2.82. The van der Waals surface area contributed by atoms with Crippen LogP contribution in [-0.4, -0.2) is 34.6 Å². The molecule has 0 bridgehead atoms. The summed E-state index contributed by atoms with van der Waals surface area (Å²) in [4.78, 5) is 1.07. The molecule has 0 radical (unpaired) electrons. The highest BCUT2D eigenvalue weighted by molar-refractivity contribution is 7.93. The zero-order valence-electron chi connectivity index (χ0n) is 14.7. The van der Waals surface area contributed by atoms with Gasteiger partial charge in [-0.3, -0.25) is 4.31 Å². The van der Waals surface area contributed by atoms with Crippen molar-refractivity contribution in [1.82, 2.24) is 0 Å². The van der Waals surface area contributed by atoms with Crippen LogP contribution in [0.25, 0.3) is 0 Å². The van der Waals surface area contributed by atoms with Crippen LogP contribution in [0, 0.1) is 12.7 Å². The molecule has 1 fully saturated rings. The van der Waals surface area contributed by atoms with Crippen LogP contribution in [0.5, 0.6) is 0 Å². The van der Waals surface area contributed by atoms with Crippen molar-refractivity contribution in [2.75, 3.05) is 24.4 Å². The summed E-state index contributed by atoms with van der Waals surface area (Å²) in [6, 6.07) is 9.39. The van der Waals surface area contributed by atoms with Crippen molar-refractivity contribution >= 4 is 27.3 Å². The minimum Gasteiger partial charge on any atom is -0.337 e. The number of piperidine rings is 1. The standard InChI is InChI=1S/C19H20ClFN2O2S/c1-12-3-5-17-14(9-12)15-11-22(2)8-7-18(15)23(17)26(24,25)19-6-4-13(20)10-16(19)21/h3-6,9-10,15,18H,7-8,11H2,1-2H3/p+1/t15-,18+/m1/s1. The zero-order chi connectivity index (χ0) is 18.6. The number of likely N-dealkylation sites (tertiary alicyclic amines) is 1. The molecule has 0 amide bonds. The molecule has 3 atom stereocenters. The van der Waals surface area contributed by atoms with Crippen LogP contribution in [0.15, 0.2) is 41.3 Å². The van der Waals surface area contributed by atoms with Crippen molar-refractivity contribution in [2.24, 2.45) is 0 Å². The number of anilines is 1. The molecule has 1 unspecified atom stereocenters. The van der Waals surface area contributed by atoms with Gasteiger partial charge in [0.25, 0.3) is 10.0 Å². The summed E-state index contributed by atoms with van der Waals surface area (Å²) in [6.45, 7) is 3.77. The maximum absolute atomic E-state index is 14.4. The molecular weight excluding hydrogens is 375 g/mol. The quantitative estimate of drug-likeness (QED) is 0.848. The van der Waals surface area contributed by atoms with Gasteiger partial charge in [0.1, 0.15) is 10.7 Å². The lowest BCUT2D eigenvalue weighted by molar-refractivity contribution is -0.886. The van der Waals surface area contributed by atoms with E-state index in [0.29, 0.717) is 5.69 Å². The fourth-order valence-corrected chi connectivity index (χ4v) is 6.21. The molecule has 2 aromatic rings. The van der Waals surface area contributed by atoms with E-state index in [0.717, 1.165) is 36.7 Å². The number of benzene rings is 2. The summed E-state index contributed by atoms with van der Waals surface area (Å²) in [5.74, 6) is -0.683. The monoisotopic (exact) mass is 395 g/mol. The number of nitrogens with one attached hydrogen (secondary N) is 1. The van der Waals surface area contributed by atoms with Crippen LogP contribution in [0.3, 0.4) is 0 Å². The summed E-state index contributed by atoms with van der Waals surface area (Å²) in [5, 5.41) is 0.180. The van der Waals surface area contributed by atoms with E-state index in [9.17, 15) is 12.8 Å². The van der Waals surface area contributed by atoms with E-state index >= 15 is 0 Å². The predicted molar refractivity (Wildman–Crippen MR) is 100 cm³/mol. The Kier molecular flexibility index (Phi) is 4.25. The highest BCUT2D eigenvalue weighted by atomic mass is 35.5. The van der Waals surface area contributed by atoms with E-state index in [2.05, 4.69) is 13.1 Å². The highest BCUT2D eigenvalue weighted by Crippen LogP contribution is 2.46. The number of quaternary nitrogens is 1. The number of sulfonamides is 1. The van der Waals surface area contributed by atoms with Gasteiger partial charge in [-0.2, -0.15) is 0 Å². The minimum absolute atomic E-state index is 0.129. The second-order valence-corrected chi connectivity index (χ2v) is 9.53. The third-order valence-corrected chi connectivity index (χ3v) is 7.56. The van der Waals surface area contributed by atoms with Crippen LogP contribution in [0.1, 0.15) is 23.5 Å². The Hall–Kier alpha value is -1.63. The molecule has 0 spiro atoms. The largest absolute Gasteiger partial charge is 0.337 e. The van der Waals surface area contributed by atoms with Crippen LogP contribution >= 0.6 is 11.6 Å². The fourth-order valence-electron chi connectivity index (χ4n) is 4.26. The Balaban J connectivity index is 1.88. The first-order valence-corrected chi connectivity index (χ1v) is 10.5. The molecular formula is C19H21ClFN2O2S+. The van der Waals surface area contributed by atoms with Crippen molar-refractivity contribution in [3.63, 3.8) is 0 Å². The van der Waals surface area contributed by atoms with Crippen LogP contribution in [0.4, 0.5) is 10.1 Å². The van der Waals surface area contributed by atoms with Gasteiger partial charge in [0.2, 0.25) is 0 Å². The second kappa shape index (κ2) is 6.22. The molecule has 7 heteroatoms. The van der Waals surface area contributed by atoms with Crippen molar-refractivity contribution < 1.29 is 17.7 Å². The lowest BCUT2D eigenvalue weighted by Gasteiger charge is -2.34. The van der Waals surface area contributed by atoms with Crippen LogP contribution in [0.2, 0.25) is 5.02 Å². The molecule has 2 heterocycles. The number of halogens is 2. The number of fused-ring (bicyclic) bond motifs is 3. The average Bonchev–Trinajstić information content (AvgIpc) is 2.88. The molecule has 2 aliphatic rings. The fraction of sp³-hybridized carbons (Fsp3) is 0.368. The number of nitrogens with zero attached hydrogens (tertiary/aromatic N) is 1. The summed E-state index contributed by atoms with van der Waals surface area (Å²) < 4.78 is 42.7. The Bertz CT molecular complexity index is 979. The third-order valence-electron chi connectivity index (χ3n) is 5.45. The van der Waals surface area contributed by atoms with Crippen LogP contribution < -0.4 is 9.21 Å². The van der Waals surface area contributed by atoms with Crippen LogP contribution in [-0.2, 0) is 10.0 Å². The van der Waals surface area contributed by atoms with E-state index in [1.807, 2.05) is 19.1 Å². The average molecular weight is 396 g/mol. The molecule has 4 rings (SSSR count). The van der Waals surface area contributed by atoms with E-state index in [1.165, 1.54) is 21.3 Å². The Labute approximate surface area is 158 Å². The first kappa shape index (κ1) is 17.8. The molecule has 138 valence electrons. The van der Waals surface area contributed by atoms with E-state index in [1.54, 1.807) is 0 Å². The molecule has 2 aliphatic heterocycles. The Morgan fingerprint density at radius 1 is 1.23 bits per heavy atom. The maximum atomic E-state index is 14.4. The highest BCUT2D eigenvalue weighted by Gasteiger charge is 2.48. The van der Waals surface area contributed by atoms with Gasteiger partial charge in [-0.1, -0.05) is 29.3 Å². The smallest absolute Gasteiger partial charge is 0.267 e. The SMILES string of the molecule is Cc1ccc2c(c1)[C@H]1C[NH+](C)CC[C@@H]1N2S(=O)(=O)c1ccc(Cl)cc1F. The van der Waals surface area contributed by atoms with Gasteiger partial charge in [-0.25, -0.2) is 12.8 Å². The lowest BCUT2D eigenvalue weighted by atomic mass is 9.89. The van der Waals surface area contributed by atoms with Crippen molar-refractivity contribution in [2.45, 2.75) is 30.2 Å². The molecule has 4 nitrogen and oxygen atoms in total. The van der Waals surface area contributed by atoms with Gasteiger partial charge in [-0.05, 0) is 36.8 Å². The maximum Gasteiger partial charge on any atom is 0.267 e. The number of likely N-dealkylation sites (N-methyl/N-ethyl adjacent to an activating group) is 1. The summed E-state index contributed by atoms with van der Waals surface area (Å²) >= 11 is 5.80. The van der Waals surface area contributed by atoms with E-state index in [4.69, 9.17) is 11.6 Å². The van der Waals surface area contributed by atoms with Gasteiger partial charge >= 0.3 is 0 Å². The number of hydrogen-bond acceptors (Lipinski definition) is 2. The lowest BCUT2D eigenvalue weighted by Crippen LogP contribution is -3.11. The van der Waals surface area contributed by atoms with E-state index < -0.39 is 15.8 Å². The van der Waals surface area contributed by atoms with Gasteiger partial charge in [0, 0.05) is 11.4 Å². The topological polar surface area (TPSA) is 41.8 Å². The molecule has 2 aromatic carbocycles. The summed E-state index contributed by atoms with van der Waals surface area (Å²) in [6.07, 6.45) is 0.749. The molecule has 0 aliphatic carbocycles. The van der Waals surface area contributed by atoms with E-state index in [-0.39, 0.29) is 21.9 Å². The molecule has 0 saturated carbocycles. The second-order valence-electron chi connectivity index (χ2n) is 7.31. The molecule has 0 aromatic heterocycles. The normalized spacial score (nSPS) is 25.1. The first-order chi connectivity index (χ1) is 12.3. The number of aryl methyl sites for hydroxylation is 1. The third kappa shape index (κ3) is 2.71. The van der Waals surface area contributed by atoms with Crippen molar-refractivity contribution in [3.8, 4) is 0 Å². The minimum atomic E-state index is -4.01. The van der Waals surface area contributed by atoms with Crippen molar-refractivity contribution in [3.05, 3.63) is 58.4 Å². The zero-order valence-corrected chi connectivity index (χ0v) is 16.2. The Morgan fingerprint density at radius 3 is 2.73 bits per heavy atom. The number of hydrogen-bond donors (Lipinski definition) is 1. The predicted octanol–water partition coefficient (Wildman–Crippen LogP) is 2.37. The summed E-state index contributed by atoms with van der Waals surface area (Å²) in [7, 11) is -1.88. The first-order valence-electron chi connectivity index (χ1n) is 8.70. The van der Waals surface area contributed by atoms with Gasteiger partial charge in [0.15, 0.2) is 0 Å². The van der Waals surface area contributed by atoms with Gasteiger partial charge in [-0.15, -0.1) is 0 Å². The number of rotatable bonds is 2. The molecule has 26 heavy (non-hydrogen) atoms. The molecule has 1 saturated heterocycles.